The topological polar surface area (TPSA) is 138 Å². The fraction of sp³-hybridized carbons (Fsp3) is 0.370. The van der Waals surface area contributed by atoms with Gasteiger partial charge < -0.3 is 16.0 Å². The fourth-order valence-corrected chi connectivity index (χ4v) is 5.09. The number of carbonyl (C=O) groups is 2. The van der Waals surface area contributed by atoms with Crippen molar-refractivity contribution in [2.75, 3.05) is 18.4 Å². The number of nitrogens with zero attached hydrogens (tertiary/aromatic N) is 3. The molecule has 1 aromatic heterocycles. The van der Waals surface area contributed by atoms with Crippen molar-refractivity contribution in [3.05, 3.63) is 73.4 Å². The molecule has 0 spiro atoms. The first-order valence-electron chi connectivity index (χ1n) is 12.6. The summed E-state index contributed by atoms with van der Waals surface area (Å²) in [4.78, 5) is 52.1. The van der Waals surface area contributed by atoms with E-state index in [9.17, 15) is 19.2 Å². The van der Waals surface area contributed by atoms with Crippen LogP contribution in [0.5, 0.6) is 0 Å². The van der Waals surface area contributed by atoms with Crippen LogP contribution in [0.4, 0.5) is 5.69 Å². The number of hydrogen-bond acceptors (Lipinski definition) is 6. The highest BCUT2D eigenvalue weighted by atomic mass is 35.5. The van der Waals surface area contributed by atoms with Crippen LogP contribution in [0.1, 0.15) is 35.7 Å². The summed E-state index contributed by atoms with van der Waals surface area (Å²) >= 11 is 6.06. The second kappa shape index (κ2) is 10.4. The smallest absolute Gasteiger partial charge is 0.331 e. The summed E-state index contributed by atoms with van der Waals surface area (Å²) in [6.45, 7) is 3.45. The standard InChI is InChI=1S/C27H27ClN6O4/c1-2-33-23-8-7-18(10-19(23)26(37)34(27(33)38)14-15-3-4-15)31-25(36)20-12-30-13-22(20)32-24(35)16-5-6-17(11-29)21(28)9-16/h5-10,15,20,22,30H,2-4,12-14H2,1H3,(H,31,36)(H,32,35)/t20-,22+/m1/s1. The number of anilines is 1. The molecule has 1 aliphatic heterocycles. The third-order valence-corrected chi connectivity index (χ3v) is 7.48. The molecule has 3 N–H and O–H groups in total. The predicted molar refractivity (Wildman–Crippen MR) is 143 cm³/mol. The van der Waals surface area contributed by atoms with E-state index in [1.807, 2.05) is 13.0 Å². The third kappa shape index (κ3) is 4.95. The number of rotatable bonds is 7. The second-order valence-electron chi connectivity index (χ2n) is 9.76. The van der Waals surface area contributed by atoms with Crippen LogP contribution in [-0.4, -0.2) is 40.1 Å². The van der Waals surface area contributed by atoms with Crippen LogP contribution in [0.25, 0.3) is 10.9 Å². The van der Waals surface area contributed by atoms with Crippen molar-refractivity contribution in [2.45, 2.75) is 38.9 Å². The molecule has 10 nitrogen and oxygen atoms in total. The molecule has 196 valence electrons. The van der Waals surface area contributed by atoms with Crippen molar-refractivity contribution in [3.63, 3.8) is 0 Å². The molecule has 2 amide bonds. The third-order valence-electron chi connectivity index (χ3n) is 7.17. The summed E-state index contributed by atoms with van der Waals surface area (Å²) < 4.78 is 2.88. The molecule has 2 aliphatic rings. The Kier molecular flexibility index (Phi) is 7.06. The zero-order chi connectivity index (χ0) is 27.0. The number of hydrogen-bond donors (Lipinski definition) is 3. The van der Waals surface area contributed by atoms with E-state index >= 15 is 0 Å². The molecule has 1 saturated heterocycles. The Morgan fingerprint density at radius 3 is 2.61 bits per heavy atom. The zero-order valence-corrected chi connectivity index (χ0v) is 21.5. The SMILES string of the molecule is CCn1c(=O)n(CC2CC2)c(=O)c2cc(NC(=O)[C@@H]3CNC[C@@H]3NC(=O)c3ccc(C#N)c(Cl)c3)ccc21. The molecule has 3 aromatic rings. The summed E-state index contributed by atoms with van der Waals surface area (Å²) in [6, 6.07) is 10.9. The van der Waals surface area contributed by atoms with Gasteiger partial charge in [0.1, 0.15) is 6.07 Å². The number of nitrogens with one attached hydrogen (secondary N) is 3. The van der Waals surface area contributed by atoms with E-state index in [0.29, 0.717) is 54.3 Å². The van der Waals surface area contributed by atoms with Gasteiger partial charge in [0.25, 0.3) is 11.5 Å². The molecule has 38 heavy (non-hydrogen) atoms. The number of aromatic nitrogens is 2. The summed E-state index contributed by atoms with van der Waals surface area (Å²) in [5.41, 5.74) is 0.864. The van der Waals surface area contributed by atoms with Gasteiger partial charge in [-0.3, -0.25) is 23.5 Å². The molecule has 0 radical (unpaired) electrons. The largest absolute Gasteiger partial charge is 0.347 e. The highest BCUT2D eigenvalue weighted by molar-refractivity contribution is 6.32. The van der Waals surface area contributed by atoms with Crippen LogP contribution < -0.4 is 27.2 Å². The maximum absolute atomic E-state index is 13.2. The van der Waals surface area contributed by atoms with Crippen LogP contribution >= 0.6 is 11.6 Å². The summed E-state index contributed by atoms with van der Waals surface area (Å²) in [5.74, 6) is -0.907. The molecule has 0 bridgehead atoms. The van der Waals surface area contributed by atoms with Crippen LogP contribution in [-0.2, 0) is 17.9 Å². The second-order valence-corrected chi connectivity index (χ2v) is 10.2. The molecule has 2 atom stereocenters. The van der Waals surface area contributed by atoms with E-state index in [1.54, 1.807) is 22.8 Å². The van der Waals surface area contributed by atoms with Crippen molar-refractivity contribution in [1.29, 1.82) is 5.26 Å². The first-order chi connectivity index (χ1) is 18.3. The van der Waals surface area contributed by atoms with E-state index in [2.05, 4.69) is 16.0 Å². The van der Waals surface area contributed by atoms with Gasteiger partial charge in [-0.25, -0.2) is 4.79 Å². The minimum Gasteiger partial charge on any atom is -0.347 e. The van der Waals surface area contributed by atoms with Gasteiger partial charge in [-0.2, -0.15) is 5.26 Å². The average molecular weight is 535 g/mol. The molecule has 2 aromatic carbocycles. The number of aryl methyl sites for hydroxylation is 1. The predicted octanol–water partition coefficient (Wildman–Crippen LogP) is 2.07. The van der Waals surface area contributed by atoms with Crippen LogP contribution in [0.15, 0.2) is 46.0 Å². The highest BCUT2D eigenvalue weighted by Crippen LogP contribution is 2.30. The van der Waals surface area contributed by atoms with E-state index in [0.717, 1.165) is 12.8 Å². The minimum atomic E-state index is -0.556. The Morgan fingerprint density at radius 2 is 1.92 bits per heavy atom. The summed E-state index contributed by atoms with van der Waals surface area (Å²) in [7, 11) is 0. The summed E-state index contributed by atoms with van der Waals surface area (Å²) in [6.07, 6.45) is 2.02. The monoisotopic (exact) mass is 534 g/mol. The van der Waals surface area contributed by atoms with Gasteiger partial charge in [-0.05, 0) is 62.1 Å². The number of benzene rings is 2. The van der Waals surface area contributed by atoms with E-state index < -0.39 is 17.9 Å². The molecule has 5 rings (SSSR count). The Hall–Kier alpha value is -3.94. The van der Waals surface area contributed by atoms with Crippen molar-refractivity contribution in [2.24, 2.45) is 11.8 Å². The van der Waals surface area contributed by atoms with Gasteiger partial charge in [-0.15, -0.1) is 0 Å². The Morgan fingerprint density at radius 1 is 1.13 bits per heavy atom. The fourth-order valence-electron chi connectivity index (χ4n) is 4.87. The van der Waals surface area contributed by atoms with Crippen molar-refractivity contribution >= 4 is 40.0 Å². The van der Waals surface area contributed by atoms with E-state index in [1.165, 1.54) is 22.8 Å². The minimum absolute atomic E-state index is 0.181. The van der Waals surface area contributed by atoms with Crippen molar-refractivity contribution in [1.82, 2.24) is 19.8 Å². The van der Waals surface area contributed by atoms with E-state index in [-0.39, 0.29) is 27.7 Å². The van der Waals surface area contributed by atoms with Gasteiger partial charge in [0, 0.05) is 37.4 Å². The van der Waals surface area contributed by atoms with Gasteiger partial charge in [-0.1, -0.05) is 11.6 Å². The molecular weight excluding hydrogens is 508 g/mol. The van der Waals surface area contributed by atoms with Gasteiger partial charge in [0.05, 0.1) is 33.4 Å². The van der Waals surface area contributed by atoms with Gasteiger partial charge >= 0.3 is 5.69 Å². The molecule has 1 saturated carbocycles. The van der Waals surface area contributed by atoms with Gasteiger partial charge in [0.15, 0.2) is 0 Å². The normalized spacial score (nSPS) is 18.8. The highest BCUT2D eigenvalue weighted by Gasteiger charge is 2.34. The lowest BCUT2D eigenvalue weighted by atomic mass is 10.0. The Labute approximate surface area is 223 Å². The lowest BCUT2D eigenvalue weighted by Crippen LogP contribution is -2.44. The first-order valence-corrected chi connectivity index (χ1v) is 13.0. The maximum atomic E-state index is 13.2. The maximum Gasteiger partial charge on any atom is 0.331 e. The first kappa shape index (κ1) is 25.7. The Bertz CT molecular complexity index is 1600. The lowest BCUT2D eigenvalue weighted by Gasteiger charge is -2.20. The lowest BCUT2D eigenvalue weighted by molar-refractivity contribution is -0.119. The number of nitriles is 1. The van der Waals surface area contributed by atoms with Crippen LogP contribution in [0.2, 0.25) is 5.02 Å². The molecule has 11 heteroatoms. The molecule has 2 fully saturated rings. The molecule has 1 aliphatic carbocycles. The van der Waals surface area contributed by atoms with Crippen LogP contribution in [0, 0.1) is 23.2 Å². The van der Waals surface area contributed by atoms with Crippen LogP contribution in [0.3, 0.4) is 0 Å². The molecule has 0 unspecified atom stereocenters. The number of halogens is 1. The summed E-state index contributed by atoms with van der Waals surface area (Å²) in [5, 5.41) is 18.5. The Balaban J connectivity index is 1.35. The average Bonchev–Trinajstić information content (AvgIpc) is 3.62. The number of amides is 2. The molecule has 2 heterocycles. The van der Waals surface area contributed by atoms with Gasteiger partial charge in [0.2, 0.25) is 5.91 Å². The van der Waals surface area contributed by atoms with Crippen molar-refractivity contribution in [3.8, 4) is 6.07 Å². The zero-order valence-electron chi connectivity index (χ0n) is 20.8. The van der Waals surface area contributed by atoms with E-state index in [4.69, 9.17) is 16.9 Å². The quantitative estimate of drug-likeness (QED) is 0.424. The number of carbonyl (C=O) groups excluding carboxylic acids is 2. The van der Waals surface area contributed by atoms with Crippen molar-refractivity contribution < 1.29 is 9.59 Å². The molecular formula is C27H27ClN6O4. The number of fused-ring (bicyclic) bond motifs is 1.